The Morgan fingerprint density at radius 2 is 1.90 bits per heavy atom. The summed E-state index contributed by atoms with van der Waals surface area (Å²) < 4.78 is 0. The van der Waals surface area contributed by atoms with E-state index >= 15 is 0 Å². The van der Waals surface area contributed by atoms with Crippen molar-refractivity contribution >= 4 is 40.2 Å². The van der Waals surface area contributed by atoms with Crippen molar-refractivity contribution < 1.29 is 9.59 Å². The number of benzene rings is 2. The summed E-state index contributed by atoms with van der Waals surface area (Å²) in [4.78, 5) is 47.3. The molecule has 2 N–H and O–H groups in total. The molecule has 8 heteroatoms. The van der Waals surface area contributed by atoms with Crippen molar-refractivity contribution in [3.63, 3.8) is 0 Å². The number of carbonyl (C=O) groups excluding carboxylic acids is 2. The van der Waals surface area contributed by atoms with E-state index in [0.717, 1.165) is 10.6 Å². The number of fused-ring (bicyclic) bond motifs is 2. The van der Waals surface area contributed by atoms with Crippen LogP contribution < -0.4 is 10.9 Å². The molecule has 1 aliphatic heterocycles. The summed E-state index contributed by atoms with van der Waals surface area (Å²) in [5, 5.41) is 2.88. The van der Waals surface area contributed by atoms with E-state index in [4.69, 9.17) is 0 Å². The fourth-order valence-electron chi connectivity index (χ4n) is 3.28. The Labute approximate surface area is 171 Å². The Kier molecular flexibility index (Phi) is 5.35. The maximum absolute atomic E-state index is 12.9. The zero-order valence-corrected chi connectivity index (χ0v) is 16.7. The third kappa shape index (κ3) is 4.02. The van der Waals surface area contributed by atoms with E-state index in [1.807, 2.05) is 37.3 Å². The second kappa shape index (κ2) is 8.08. The van der Waals surface area contributed by atoms with Gasteiger partial charge in [-0.3, -0.25) is 14.4 Å². The lowest BCUT2D eigenvalue weighted by Gasteiger charge is -2.26. The van der Waals surface area contributed by atoms with Crippen molar-refractivity contribution in [3.8, 4) is 0 Å². The number of carbonyl (C=O) groups is 2. The van der Waals surface area contributed by atoms with E-state index < -0.39 is 5.25 Å². The van der Waals surface area contributed by atoms with E-state index in [-0.39, 0.29) is 30.3 Å². The fraction of sp³-hybridized carbons (Fsp3) is 0.238. The van der Waals surface area contributed by atoms with Gasteiger partial charge in [0.1, 0.15) is 5.82 Å². The monoisotopic (exact) mass is 408 g/mol. The molecule has 0 spiro atoms. The van der Waals surface area contributed by atoms with Crippen LogP contribution in [0.3, 0.4) is 0 Å². The lowest BCUT2D eigenvalue weighted by molar-refractivity contribution is -0.133. The van der Waals surface area contributed by atoms with E-state index in [9.17, 15) is 14.4 Å². The number of para-hydroxylation sites is 2. The third-order valence-corrected chi connectivity index (χ3v) is 6.08. The second-order valence-electron chi connectivity index (χ2n) is 6.73. The quantitative estimate of drug-likeness (QED) is 0.677. The molecule has 1 aliphatic rings. The van der Waals surface area contributed by atoms with Gasteiger partial charge in [-0.05, 0) is 31.2 Å². The van der Waals surface area contributed by atoms with E-state index in [0.29, 0.717) is 23.3 Å². The predicted molar refractivity (Wildman–Crippen MR) is 113 cm³/mol. The number of aromatic amines is 1. The number of anilines is 1. The average molecular weight is 408 g/mol. The molecular weight excluding hydrogens is 388 g/mol. The first-order chi connectivity index (χ1) is 14.0. The van der Waals surface area contributed by atoms with Crippen LogP contribution in [-0.2, 0) is 16.1 Å². The molecule has 0 aliphatic carbocycles. The Balaban J connectivity index is 1.49. The van der Waals surface area contributed by atoms with Gasteiger partial charge in [-0.25, -0.2) is 4.98 Å². The smallest absolute Gasteiger partial charge is 0.258 e. The molecule has 1 aromatic heterocycles. The number of nitrogens with zero attached hydrogens (tertiary/aromatic N) is 2. The van der Waals surface area contributed by atoms with Crippen molar-refractivity contribution in [1.82, 2.24) is 14.9 Å². The van der Waals surface area contributed by atoms with Crippen LogP contribution in [0, 0.1) is 0 Å². The molecule has 7 nitrogen and oxygen atoms in total. The molecule has 0 fully saturated rings. The van der Waals surface area contributed by atoms with Gasteiger partial charge < -0.3 is 15.2 Å². The number of H-pyrrole nitrogens is 1. The normalized spacial score (nSPS) is 15.6. The van der Waals surface area contributed by atoms with Crippen molar-refractivity contribution in [2.75, 3.05) is 11.9 Å². The summed E-state index contributed by atoms with van der Waals surface area (Å²) in [6.07, 6.45) is 0.0798. The topological polar surface area (TPSA) is 95.2 Å². The highest BCUT2D eigenvalue weighted by Gasteiger charge is 2.30. The molecule has 0 bridgehead atoms. The first kappa shape index (κ1) is 19.2. The Hall–Kier alpha value is -3.13. The molecule has 2 amide bonds. The van der Waals surface area contributed by atoms with Crippen LogP contribution in [0.2, 0.25) is 0 Å². The zero-order valence-electron chi connectivity index (χ0n) is 15.8. The molecule has 148 valence electrons. The molecule has 0 saturated carbocycles. The van der Waals surface area contributed by atoms with Gasteiger partial charge in [0.2, 0.25) is 11.8 Å². The van der Waals surface area contributed by atoms with Crippen LogP contribution >= 0.6 is 11.8 Å². The molecule has 2 aromatic carbocycles. The van der Waals surface area contributed by atoms with Gasteiger partial charge in [-0.1, -0.05) is 24.3 Å². The summed E-state index contributed by atoms with van der Waals surface area (Å²) >= 11 is 1.40. The van der Waals surface area contributed by atoms with Gasteiger partial charge in [0.15, 0.2) is 0 Å². The first-order valence-electron chi connectivity index (χ1n) is 9.37. The number of amides is 2. The van der Waals surface area contributed by atoms with E-state index in [1.165, 1.54) is 11.8 Å². The van der Waals surface area contributed by atoms with Crippen LogP contribution in [0.15, 0.2) is 58.2 Å². The van der Waals surface area contributed by atoms with Gasteiger partial charge in [-0.2, -0.15) is 0 Å². The van der Waals surface area contributed by atoms with E-state index in [2.05, 4.69) is 15.3 Å². The van der Waals surface area contributed by atoms with Crippen LogP contribution in [0.5, 0.6) is 0 Å². The van der Waals surface area contributed by atoms with Gasteiger partial charge in [-0.15, -0.1) is 11.8 Å². The molecule has 1 unspecified atom stereocenters. The average Bonchev–Trinajstić information content (AvgIpc) is 2.72. The number of hydrogen-bond donors (Lipinski definition) is 2. The Bertz CT molecular complexity index is 1140. The van der Waals surface area contributed by atoms with Crippen LogP contribution in [-0.4, -0.2) is 38.5 Å². The van der Waals surface area contributed by atoms with Gasteiger partial charge in [0, 0.05) is 17.9 Å². The van der Waals surface area contributed by atoms with Gasteiger partial charge in [0.25, 0.3) is 5.56 Å². The van der Waals surface area contributed by atoms with E-state index in [1.54, 1.807) is 23.1 Å². The minimum absolute atomic E-state index is 0.0798. The number of rotatable bonds is 5. The number of thioether (sulfide) groups is 1. The standard InChI is InChI=1S/C21H20N4O3S/c1-2-25(12-18-22-14-8-4-3-7-13(14)20(27)24-18)19(26)11-17-21(28)23-15-9-5-6-10-16(15)29-17/h3-10,17H,2,11-12H2,1H3,(H,23,28)(H,22,24,27). The SMILES string of the molecule is CCN(Cc1nc2ccccc2c(=O)[nH]1)C(=O)CC1Sc2ccccc2NC1=O. The van der Waals surface area contributed by atoms with Gasteiger partial charge >= 0.3 is 0 Å². The highest BCUT2D eigenvalue weighted by molar-refractivity contribution is 8.01. The lowest BCUT2D eigenvalue weighted by atomic mass is 10.2. The van der Waals surface area contributed by atoms with Crippen molar-refractivity contribution in [1.29, 1.82) is 0 Å². The molecule has 3 aromatic rings. The van der Waals surface area contributed by atoms with Crippen molar-refractivity contribution in [2.24, 2.45) is 0 Å². The summed E-state index contributed by atoms with van der Waals surface area (Å²) in [6.45, 7) is 2.50. The maximum Gasteiger partial charge on any atom is 0.258 e. The fourth-order valence-corrected chi connectivity index (χ4v) is 4.38. The van der Waals surface area contributed by atoms with Gasteiger partial charge in [0.05, 0.1) is 28.4 Å². The molecule has 4 rings (SSSR count). The maximum atomic E-state index is 12.9. The van der Waals surface area contributed by atoms with Crippen molar-refractivity contribution in [2.45, 2.75) is 30.0 Å². The summed E-state index contributed by atoms with van der Waals surface area (Å²) in [6, 6.07) is 14.6. The van der Waals surface area contributed by atoms with Crippen LogP contribution in [0.25, 0.3) is 10.9 Å². The molecule has 0 saturated heterocycles. The van der Waals surface area contributed by atoms with Crippen LogP contribution in [0.4, 0.5) is 5.69 Å². The third-order valence-electron chi connectivity index (χ3n) is 4.80. The number of aromatic nitrogens is 2. The summed E-state index contributed by atoms with van der Waals surface area (Å²) in [5.74, 6) is 0.0978. The predicted octanol–water partition coefficient (Wildman–Crippen LogP) is 2.77. The second-order valence-corrected chi connectivity index (χ2v) is 7.98. The molecule has 1 atom stereocenters. The molecular formula is C21H20N4O3S. The number of hydrogen-bond acceptors (Lipinski definition) is 5. The van der Waals surface area contributed by atoms with Crippen LogP contribution in [0.1, 0.15) is 19.2 Å². The summed E-state index contributed by atoms with van der Waals surface area (Å²) in [7, 11) is 0. The number of nitrogens with one attached hydrogen (secondary N) is 2. The highest BCUT2D eigenvalue weighted by Crippen LogP contribution is 2.36. The Morgan fingerprint density at radius 1 is 1.14 bits per heavy atom. The molecule has 29 heavy (non-hydrogen) atoms. The minimum Gasteiger partial charge on any atom is -0.335 e. The van der Waals surface area contributed by atoms with Crippen molar-refractivity contribution in [3.05, 3.63) is 64.7 Å². The highest BCUT2D eigenvalue weighted by atomic mass is 32.2. The zero-order chi connectivity index (χ0) is 20.4. The molecule has 2 heterocycles. The molecule has 0 radical (unpaired) electrons. The minimum atomic E-state index is -0.491. The largest absolute Gasteiger partial charge is 0.335 e. The summed E-state index contributed by atoms with van der Waals surface area (Å²) in [5.41, 5.74) is 1.14. The first-order valence-corrected chi connectivity index (χ1v) is 10.3. The lowest BCUT2D eigenvalue weighted by Crippen LogP contribution is -2.37. The Morgan fingerprint density at radius 3 is 2.72 bits per heavy atom.